The fraction of sp³-hybridized carbons (Fsp3) is 0.432. The summed E-state index contributed by atoms with van der Waals surface area (Å²) in [7, 11) is 1.25. The van der Waals surface area contributed by atoms with E-state index in [-0.39, 0.29) is 119 Å². The van der Waals surface area contributed by atoms with Gasteiger partial charge in [0.15, 0.2) is 11.2 Å². The van der Waals surface area contributed by atoms with Gasteiger partial charge in [-0.15, -0.1) is 0 Å². The molecule has 0 aromatic heterocycles. The second-order valence-electron chi connectivity index (χ2n) is 26.2. The van der Waals surface area contributed by atoms with Crippen LogP contribution >= 0.6 is 0 Å². The fourth-order valence-electron chi connectivity index (χ4n) is 11.9. The van der Waals surface area contributed by atoms with Gasteiger partial charge in [-0.05, 0) is 99.2 Å². The maximum Gasteiger partial charge on any atom is 1.00 e. The molecule has 6 aromatic carbocycles. The first-order chi connectivity index (χ1) is 54.4. The molecule has 0 saturated carbocycles. The number of esters is 3. The number of carbonyl (C=O) groups is 10. The molecule has 6 aromatic rings. The van der Waals surface area contributed by atoms with Crippen molar-refractivity contribution in [1.82, 2.24) is 31.9 Å². The number of rotatable bonds is 40. The number of hydrogen-bond acceptors (Lipinski definition) is 26. The smallest absolute Gasteiger partial charge is 0.870 e. The third-order valence-corrected chi connectivity index (χ3v) is 17.7. The Hall–Kier alpha value is -10.5. The van der Waals surface area contributed by atoms with E-state index in [4.69, 9.17) is 52.5 Å². The van der Waals surface area contributed by atoms with Crippen molar-refractivity contribution in [2.75, 3.05) is 126 Å². The number of phenolic OH excluding ortho intramolecular Hbond substituents is 4. The molecule has 0 aliphatic carbocycles. The third-order valence-electron chi connectivity index (χ3n) is 17.7. The van der Waals surface area contributed by atoms with Crippen molar-refractivity contribution < 1.29 is 161 Å². The first kappa shape index (κ1) is 95.1. The molecule has 4 aliphatic heterocycles. The van der Waals surface area contributed by atoms with E-state index in [1.807, 2.05) is 24.3 Å². The Labute approximate surface area is 687 Å². The number of methoxy groups -OCH3 is 1. The van der Waals surface area contributed by atoms with E-state index in [1.54, 1.807) is 62.4 Å². The van der Waals surface area contributed by atoms with Crippen LogP contribution in [0.4, 0.5) is 0 Å². The third kappa shape index (κ3) is 29.1. The number of carbonyl (C=O) groups excluding carboxylic acids is 9. The molecule has 115 heavy (non-hydrogen) atoms. The first-order valence-electron chi connectivity index (χ1n) is 37.1. The average Bonchev–Trinajstić information content (AvgIpc) is 1.60. The Balaban J connectivity index is 0.000000273. The number of benzene rings is 6. The summed E-state index contributed by atoms with van der Waals surface area (Å²) in [6.07, 6.45) is 4.06. The minimum atomic E-state index is -1.17. The zero-order chi connectivity index (χ0) is 81.7. The van der Waals surface area contributed by atoms with E-state index in [1.165, 1.54) is 69.5 Å². The van der Waals surface area contributed by atoms with Gasteiger partial charge in [-0.1, -0.05) is 50.2 Å². The van der Waals surface area contributed by atoms with E-state index >= 15 is 0 Å². The molecule has 34 heteroatoms. The summed E-state index contributed by atoms with van der Waals surface area (Å²) in [5.74, 6) is -2.63. The molecule has 10 rings (SSSR count). The fourth-order valence-corrected chi connectivity index (χ4v) is 11.9. The second kappa shape index (κ2) is 49.3. The number of fused-ring (bicyclic) bond motifs is 12. The number of hydrogen-bond donors (Lipinski definition) is 11. The van der Waals surface area contributed by atoms with Crippen LogP contribution in [0.2, 0.25) is 0 Å². The average molecular weight is 1610 g/mol. The van der Waals surface area contributed by atoms with E-state index in [9.17, 15) is 68.4 Å². The van der Waals surface area contributed by atoms with Gasteiger partial charge in [-0.25, -0.2) is 9.59 Å². The molecule has 0 bridgehead atoms. The Morgan fingerprint density at radius 2 is 0.704 bits per heavy atom. The predicted molar refractivity (Wildman–Crippen MR) is 407 cm³/mol. The van der Waals surface area contributed by atoms with Crippen LogP contribution in [0.3, 0.4) is 0 Å². The number of phenols is 4. The Morgan fingerprint density at radius 1 is 0.409 bits per heavy atom. The van der Waals surface area contributed by atoms with Crippen LogP contribution in [-0.2, 0) is 92.2 Å². The van der Waals surface area contributed by atoms with Gasteiger partial charge in [0.05, 0.1) is 71.1 Å². The molecule has 618 valence electrons. The van der Waals surface area contributed by atoms with E-state index < -0.39 is 47.5 Å². The van der Waals surface area contributed by atoms with Gasteiger partial charge >= 0.3 is 53.4 Å². The van der Waals surface area contributed by atoms with Crippen molar-refractivity contribution in [3.63, 3.8) is 0 Å². The van der Waals surface area contributed by atoms with Crippen molar-refractivity contribution >= 4 is 59.3 Å². The van der Waals surface area contributed by atoms with Crippen LogP contribution in [0.1, 0.15) is 133 Å². The molecular formula is C81H101N6NaO27. The normalized spacial score (nSPS) is 13.2. The zero-order valence-corrected chi connectivity index (χ0v) is 67.3. The molecule has 12 N–H and O–H groups in total. The number of amides is 6. The number of ether oxygens (including phenoxy) is 11. The quantitative estimate of drug-likeness (QED) is 0.0113. The summed E-state index contributed by atoms with van der Waals surface area (Å²) in [6.45, 7) is 13.9. The van der Waals surface area contributed by atoms with Crippen molar-refractivity contribution in [2.45, 2.75) is 90.3 Å². The Morgan fingerprint density at radius 3 is 1.01 bits per heavy atom. The molecular weight excluding hydrogens is 1510 g/mol. The van der Waals surface area contributed by atoms with Crippen LogP contribution in [0, 0.1) is 11.8 Å². The van der Waals surface area contributed by atoms with Gasteiger partial charge < -0.3 is 115 Å². The van der Waals surface area contributed by atoms with Crippen molar-refractivity contribution in [3.8, 4) is 46.0 Å². The van der Waals surface area contributed by atoms with E-state index in [0.29, 0.717) is 199 Å². The van der Waals surface area contributed by atoms with Crippen molar-refractivity contribution in [2.24, 2.45) is 11.8 Å². The maximum absolute atomic E-state index is 12.5. The summed E-state index contributed by atoms with van der Waals surface area (Å²) >= 11 is 0. The topological polar surface area (TPSA) is 476 Å². The number of nitrogens with one attached hydrogen (secondary N) is 6. The zero-order valence-electron chi connectivity index (χ0n) is 65.3. The molecule has 0 unspecified atom stereocenters. The predicted octanol–water partition coefficient (Wildman–Crippen LogP) is 3.62. The monoisotopic (exact) mass is 1610 g/mol. The molecule has 2 atom stereocenters. The molecule has 4 aliphatic rings. The van der Waals surface area contributed by atoms with E-state index in [0.717, 1.165) is 12.8 Å². The summed E-state index contributed by atoms with van der Waals surface area (Å²) in [6, 6.07) is 33.2. The number of carboxylic acids is 1. The van der Waals surface area contributed by atoms with Crippen LogP contribution in [0.25, 0.3) is 0 Å². The first-order valence-corrected chi connectivity index (χ1v) is 37.1. The second-order valence-corrected chi connectivity index (χ2v) is 26.2. The van der Waals surface area contributed by atoms with Crippen molar-refractivity contribution in [3.05, 3.63) is 166 Å². The maximum atomic E-state index is 12.5. The minimum absolute atomic E-state index is 0. The van der Waals surface area contributed by atoms with Crippen LogP contribution in [-0.4, -0.2) is 216 Å². The SMILES string of the molecule is CC(=O)NCCCOCCOCCOCCCNC(=O)CC[C@H](C)C(=O)NCC(=O)O.COC(=O)CNC(=O)[C@@H](C)CCC(=O)NCCCOCCOCCOCCCNC(C)=O.O=C1OC2(c3ccc(O)cc3Oc3cc(O)ccc32)c2ccccc21.O=C1OC2(c3ccc(O)cc3Oc3cc(O)ccc32)c2ccccc21.[Na+].[OH-]. The van der Waals surface area contributed by atoms with Gasteiger partial charge in [0.2, 0.25) is 35.4 Å². The number of carboxylic acid groups (broad SMARTS) is 1. The molecule has 33 nitrogen and oxygen atoms in total. The Bertz CT molecular complexity index is 3950. The summed E-state index contributed by atoms with van der Waals surface area (Å²) in [4.78, 5) is 115. The Kier molecular flexibility index (Phi) is 40.8. The summed E-state index contributed by atoms with van der Waals surface area (Å²) < 4.78 is 60.3. The largest absolute Gasteiger partial charge is 1.00 e. The van der Waals surface area contributed by atoms with E-state index in [2.05, 4.69) is 36.6 Å². The molecule has 4 heterocycles. The summed E-state index contributed by atoms with van der Waals surface area (Å²) in [5.41, 5.74) is 2.57. The van der Waals surface area contributed by atoms with Gasteiger partial charge in [-0.2, -0.15) is 0 Å². The summed E-state index contributed by atoms with van der Waals surface area (Å²) in [5, 5.41) is 63.5. The van der Waals surface area contributed by atoms with Gasteiger partial charge in [0, 0.05) is 149 Å². The van der Waals surface area contributed by atoms with Gasteiger partial charge in [0.1, 0.15) is 59.1 Å². The molecule has 0 fully saturated rings. The van der Waals surface area contributed by atoms with Crippen LogP contribution < -0.4 is 70.9 Å². The molecule has 6 amide bonds. The number of aliphatic carboxylic acids is 1. The standard InChI is InChI=1S/C21H39N3O8.C20H37N3O8.2C20H12O5.Na.H2O/c1-17(21(28)24-16-20(27)29-3)6-7-19(26)23-9-5-11-31-13-15-32-14-12-30-10-4-8-22-18(2)25;1-16(20(28)23-15-19(26)27)5-6-18(25)22-8-4-10-30-12-14-31-13-11-29-9-3-7-21-17(2)24;2*21-11-5-7-15-17(9-11)24-18-10-12(22)6-8-16(18)20(15)14-4-2-1-3-13(14)19(23)25-20;;/h17H,4-16H2,1-3H3,(H,22,25)(H,23,26)(H,24,28);16H,3-15H2,1-2H3,(H,21,24)(H,22,25)(H,23,28)(H,26,27);2*1-10,21-22H;;1H2/q;;;;+1;/p-1/t17-;16-;;;;/m00..../s1. The molecule has 0 radical (unpaired) electrons. The van der Waals surface area contributed by atoms with Crippen molar-refractivity contribution in [1.29, 1.82) is 0 Å². The number of aromatic hydroxyl groups is 4. The van der Waals surface area contributed by atoms with Crippen LogP contribution in [0.15, 0.2) is 121 Å². The molecule has 0 saturated heterocycles. The van der Waals surface area contributed by atoms with Gasteiger partial charge in [-0.3, -0.25) is 38.4 Å². The minimum Gasteiger partial charge on any atom is -0.870 e. The molecule has 2 spiro atoms. The van der Waals surface area contributed by atoms with Crippen LogP contribution in [0.5, 0.6) is 46.0 Å². The van der Waals surface area contributed by atoms with Gasteiger partial charge in [0.25, 0.3) is 0 Å².